The molecule has 0 bridgehead atoms. The fourth-order valence-electron chi connectivity index (χ4n) is 2.92. The zero-order valence-corrected chi connectivity index (χ0v) is 16.0. The molecule has 3 aromatic rings. The van der Waals surface area contributed by atoms with Crippen LogP contribution in [0.1, 0.15) is 17.0 Å². The molecule has 0 fully saturated rings. The Bertz CT molecular complexity index is 981. The summed E-state index contributed by atoms with van der Waals surface area (Å²) in [6, 6.07) is 15.4. The largest absolute Gasteiger partial charge is 0.484 e. The lowest BCUT2D eigenvalue weighted by Crippen LogP contribution is -2.19. The van der Waals surface area contributed by atoms with Gasteiger partial charge in [-0.2, -0.15) is 18.3 Å². The molecular weight excluding hydrogens is 383 g/mol. The lowest BCUT2D eigenvalue weighted by atomic mass is 10.1. The van der Waals surface area contributed by atoms with Crippen LogP contribution in [0, 0.1) is 13.8 Å². The third kappa shape index (κ3) is 5.37. The Labute approximate surface area is 166 Å². The number of benzene rings is 2. The molecule has 0 aliphatic rings. The van der Waals surface area contributed by atoms with Crippen LogP contribution in [-0.4, -0.2) is 28.5 Å². The standard InChI is InChI=1S/C21H20F3N3O2/c1-14-19(15(2)27(26-14)17-6-4-3-5-7-17)12-20(28)25-16-8-10-18(11-9-16)29-13-21(22,23)24/h3-11H,12-13H2,1-2H3,(H,25,28). The van der Waals surface area contributed by atoms with E-state index in [0.29, 0.717) is 5.69 Å². The van der Waals surface area contributed by atoms with Crippen LogP contribution in [0.5, 0.6) is 5.75 Å². The highest BCUT2D eigenvalue weighted by atomic mass is 19.4. The van der Waals surface area contributed by atoms with Crippen molar-refractivity contribution in [1.82, 2.24) is 9.78 Å². The molecule has 1 N–H and O–H groups in total. The summed E-state index contributed by atoms with van der Waals surface area (Å²) in [7, 11) is 0. The van der Waals surface area contributed by atoms with Gasteiger partial charge in [-0.3, -0.25) is 4.79 Å². The zero-order valence-electron chi connectivity index (χ0n) is 16.0. The van der Waals surface area contributed by atoms with Crippen LogP contribution in [-0.2, 0) is 11.2 Å². The van der Waals surface area contributed by atoms with E-state index >= 15 is 0 Å². The van der Waals surface area contributed by atoms with Crippen LogP contribution in [0.4, 0.5) is 18.9 Å². The summed E-state index contributed by atoms with van der Waals surface area (Å²) in [6.45, 7) is 2.40. The van der Waals surface area contributed by atoms with Crippen LogP contribution in [0.15, 0.2) is 54.6 Å². The van der Waals surface area contributed by atoms with Gasteiger partial charge in [0.15, 0.2) is 6.61 Å². The summed E-state index contributed by atoms with van der Waals surface area (Å²) >= 11 is 0. The molecule has 0 saturated carbocycles. The number of hydrogen-bond acceptors (Lipinski definition) is 3. The topological polar surface area (TPSA) is 56.2 Å². The van der Waals surface area contributed by atoms with Crippen molar-refractivity contribution in [2.75, 3.05) is 11.9 Å². The molecule has 8 heteroatoms. The molecular formula is C21H20F3N3O2. The summed E-state index contributed by atoms with van der Waals surface area (Å²) < 4.78 is 43.0. The first-order chi connectivity index (χ1) is 13.7. The number of carbonyl (C=O) groups excluding carboxylic acids is 1. The number of hydrogen-bond donors (Lipinski definition) is 1. The van der Waals surface area contributed by atoms with Crippen molar-refractivity contribution in [2.24, 2.45) is 0 Å². The summed E-state index contributed by atoms with van der Waals surface area (Å²) in [6.07, 6.45) is -4.26. The summed E-state index contributed by atoms with van der Waals surface area (Å²) in [5, 5.41) is 7.26. The highest BCUT2D eigenvalue weighted by Gasteiger charge is 2.28. The summed E-state index contributed by atoms with van der Waals surface area (Å²) in [4.78, 5) is 12.4. The number of alkyl halides is 3. The van der Waals surface area contributed by atoms with Gasteiger partial charge in [0.25, 0.3) is 0 Å². The molecule has 1 aromatic heterocycles. The van der Waals surface area contributed by atoms with Gasteiger partial charge in [-0.05, 0) is 50.2 Å². The maximum absolute atomic E-state index is 12.4. The van der Waals surface area contributed by atoms with Crippen molar-refractivity contribution in [3.63, 3.8) is 0 Å². The second-order valence-corrected chi connectivity index (χ2v) is 6.55. The number of carbonyl (C=O) groups is 1. The van der Waals surface area contributed by atoms with Gasteiger partial charge in [-0.25, -0.2) is 4.68 Å². The minimum Gasteiger partial charge on any atom is -0.484 e. The van der Waals surface area contributed by atoms with Gasteiger partial charge in [-0.1, -0.05) is 18.2 Å². The van der Waals surface area contributed by atoms with Gasteiger partial charge in [0.05, 0.1) is 17.8 Å². The highest BCUT2D eigenvalue weighted by molar-refractivity contribution is 5.92. The molecule has 0 atom stereocenters. The van der Waals surface area contributed by atoms with Gasteiger partial charge in [0.1, 0.15) is 5.75 Å². The number of aryl methyl sites for hydroxylation is 1. The maximum atomic E-state index is 12.4. The minimum atomic E-state index is -4.40. The fourth-order valence-corrected chi connectivity index (χ4v) is 2.92. The Morgan fingerprint density at radius 2 is 1.72 bits per heavy atom. The predicted molar refractivity (Wildman–Crippen MR) is 103 cm³/mol. The first-order valence-corrected chi connectivity index (χ1v) is 8.93. The van der Waals surface area contributed by atoms with E-state index in [2.05, 4.69) is 15.2 Å². The van der Waals surface area contributed by atoms with E-state index in [1.807, 2.05) is 44.2 Å². The quantitative estimate of drug-likeness (QED) is 0.654. The zero-order chi connectivity index (χ0) is 21.0. The highest BCUT2D eigenvalue weighted by Crippen LogP contribution is 2.22. The molecule has 1 amide bonds. The molecule has 29 heavy (non-hydrogen) atoms. The molecule has 0 saturated heterocycles. The van der Waals surface area contributed by atoms with Gasteiger partial charge in [0.2, 0.25) is 5.91 Å². The van der Waals surface area contributed by atoms with Crippen molar-refractivity contribution in [3.8, 4) is 11.4 Å². The molecule has 152 valence electrons. The van der Waals surface area contributed by atoms with E-state index in [0.717, 1.165) is 22.6 Å². The van der Waals surface area contributed by atoms with Crippen LogP contribution < -0.4 is 10.1 Å². The average Bonchev–Trinajstić information content (AvgIpc) is 2.96. The Morgan fingerprint density at radius 1 is 1.07 bits per heavy atom. The first-order valence-electron chi connectivity index (χ1n) is 8.93. The second-order valence-electron chi connectivity index (χ2n) is 6.55. The molecule has 5 nitrogen and oxygen atoms in total. The molecule has 3 rings (SSSR count). The van der Waals surface area contributed by atoms with Crippen LogP contribution in [0.25, 0.3) is 5.69 Å². The normalized spacial score (nSPS) is 11.3. The summed E-state index contributed by atoms with van der Waals surface area (Å²) in [5.41, 5.74) is 3.85. The van der Waals surface area contributed by atoms with Crippen molar-refractivity contribution < 1.29 is 22.7 Å². The van der Waals surface area contributed by atoms with E-state index in [9.17, 15) is 18.0 Å². The number of para-hydroxylation sites is 1. The SMILES string of the molecule is Cc1nn(-c2ccccc2)c(C)c1CC(=O)Nc1ccc(OCC(F)(F)F)cc1. The third-order valence-corrected chi connectivity index (χ3v) is 4.32. The number of halogens is 3. The molecule has 0 aliphatic carbocycles. The lowest BCUT2D eigenvalue weighted by molar-refractivity contribution is -0.153. The molecule has 0 unspecified atom stereocenters. The Hall–Kier alpha value is -3.29. The fraction of sp³-hybridized carbons (Fsp3) is 0.238. The monoisotopic (exact) mass is 403 g/mol. The Morgan fingerprint density at radius 3 is 2.34 bits per heavy atom. The molecule has 0 aliphatic heterocycles. The first kappa shape index (κ1) is 20.4. The third-order valence-electron chi connectivity index (χ3n) is 4.32. The number of nitrogens with zero attached hydrogens (tertiary/aromatic N) is 2. The Balaban J connectivity index is 1.65. The van der Waals surface area contributed by atoms with Crippen LogP contribution in [0.2, 0.25) is 0 Å². The Kier molecular flexibility index (Phi) is 5.91. The van der Waals surface area contributed by atoms with Crippen molar-refractivity contribution in [2.45, 2.75) is 26.4 Å². The van der Waals surface area contributed by atoms with E-state index in [1.54, 1.807) is 4.68 Å². The van der Waals surface area contributed by atoms with Crippen molar-refractivity contribution >= 4 is 11.6 Å². The predicted octanol–water partition coefficient (Wildman–Crippen LogP) is 4.61. The second kappa shape index (κ2) is 8.38. The smallest absolute Gasteiger partial charge is 0.422 e. The van der Waals surface area contributed by atoms with Gasteiger partial charge < -0.3 is 10.1 Å². The van der Waals surface area contributed by atoms with Crippen molar-refractivity contribution in [1.29, 1.82) is 0 Å². The molecule has 0 spiro atoms. The van der Waals surface area contributed by atoms with E-state index < -0.39 is 12.8 Å². The lowest BCUT2D eigenvalue weighted by Gasteiger charge is -2.10. The molecule has 0 radical (unpaired) electrons. The van der Waals surface area contributed by atoms with E-state index in [-0.39, 0.29) is 18.1 Å². The molecule has 1 heterocycles. The van der Waals surface area contributed by atoms with Gasteiger partial charge >= 0.3 is 6.18 Å². The van der Waals surface area contributed by atoms with Crippen LogP contribution >= 0.6 is 0 Å². The number of amides is 1. The van der Waals surface area contributed by atoms with E-state index in [4.69, 9.17) is 0 Å². The van der Waals surface area contributed by atoms with Gasteiger partial charge in [-0.15, -0.1) is 0 Å². The summed E-state index contributed by atoms with van der Waals surface area (Å²) in [5.74, 6) is -0.163. The number of rotatable bonds is 6. The van der Waals surface area contributed by atoms with Crippen molar-refractivity contribution in [3.05, 3.63) is 71.5 Å². The van der Waals surface area contributed by atoms with E-state index in [1.165, 1.54) is 24.3 Å². The maximum Gasteiger partial charge on any atom is 0.422 e. The number of aromatic nitrogens is 2. The minimum absolute atomic E-state index is 0.0798. The average molecular weight is 403 g/mol. The number of anilines is 1. The molecule has 2 aromatic carbocycles. The van der Waals surface area contributed by atoms with Gasteiger partial charge in [0, 0.05) is 16.9 Å². The number of nitrogens with one attached hydrogen (secondary N) is 1. The number of ether oxygens (including phenoxy) is 1. The van der Waals surface area contributed by atoms with Crippen LogP contribution in [0.3, 0.4) is 0 Å².